The monoisotopic (exact) mass is 312 g/mol. The molecule has 0 bridgehead atoms. The first-order valence-electron chi connectivity index (χ1n) is 7.09. The Balaban J connectivity index is 1.77. The zero-order chi connectivity index (χ0) is 16.1. The largest absolute Gasteiger partial charge is 0.465 e. The van der Waals surface area contributed by atoms with E-state index in [9.17, 15) is 14.4 Å². The molecule has 2 N–H and O–H groups in total. The second-order valence-corrected chi connectivity index (χ2v) is 5.45. The topological polar surface area (TPSA) is 107 Å². The molecule has 0 atom stereocenters. The zero-order valence-corrected chi connectivity index (χ0v) is 11.9. The minimum atomic E-state index is -1.04. The number of carbonyl (C=O) groups excluding carboxylic acids is 2. The van der Waals surface area contributed by atoms with E-state index in [4.69, 9.17) is 5.11 Å². The Morgan fingerprint density at radius 1 is 1.17 bits per heavy atom. The Labute approximate surface area is 130 Å². The van der Waals surface area contributed by atoms with Gasteiger partial charge in [0.05, 0.1) is 17.7 Å². The normalized spacial score (nSPS) is 16.5. The Bertz CT molecular complexity index is 822. The number of benzene rings is 1. The maximum absolute atomic E-state index is 12.5. The molecule has 0 aliphatic carbocycles. The van der Waals surface area contributed by atoms with Crippen LogP contribution >= 0.6 is 0 Å². The van der Waals surface area contributed by atoms with Gasteiger partial charge in [-0.2, -0.15) is 5.10 Å². The van der Waals surface area contributed by atoms with Crippen molar-refractivity contribution in [3.8, 4) is 0 Å². The maximum atomic E-state index is 12.5. The number of imide groups is 1. The lowest BCUT2D eigenvalue weighted by molar-refractivity contribution is 0.0924. The summed E-state index contributed by atoms with van der Waals surface area (Å²) in [7, 11) is 0. The van der Waals surface area contributed by atoms with Gasteiger partial charge in [-0.1, -0.05) is 12.1 Å². The van der Waals surface area contributed by atoms with Crippen LogP contribution in [0.4, 0.5) is 10.6 Å². The molecule has 0 fully saturated rings. The average Bonchev–Trinajstić information content (AvgIpc) is 3.07. The van der Waals surface area contributed by atoms with Crippen molar-refractivity contribution in [3.05, 3.63) is 46.6 Å². The van der Waals surface area contributed by atoms with Crippen LogP contribution < -0.4 is 4.90 Å². The summed E-state index contributed by atoms with van der Waals surface area (Å²) in [6, 6.07) is 6.58. The van der Waals surface area contributed by atoms with E-state index in [0.717, 1.165) is 10.6 Å². The van der Waals surface area contributed by atoms with Crippen LogP contribution in [0, 0.1) is 0 Å². The molecule has 2 aliphatic rings. The lowest BCUT2D eigenvalue weighted by Gasteiger charge is -2.25. The lowest BCUT2D eigenvalue weighted by atomic mass is 10.1. The van der Waals surface area contributed by atoms with Crippen molar-refractivity contribution >= 4 is 23.7 Å². The van der Waals surface area contributed by atoms with Crippen LogP contribution in [0.2, 0.25) is 0 Å². The third kappa shape index (κ3) is 1.84. The molecular formula is C15H12N4O4. The van der Waals surface area contributed by atoms with Crippen molar-refractivity contribution in [2.45, 2.75) is 13.0 Å². The van der Waals surface area contributed by atoms with Crippen LogP contribution in [0.3, 0.4) is 0 Å². The predicted octanol–water partition coefficient (Wildman–Crippen LogP) is 1.25. The molecule has 3 heterocycles. The van der Waals surface area contributed by atoms with Gasteiger partial charge in [-0.15, -0.1) is 0 Å². The third-order valence-corrected chi connectivity index (χ3v) is 4.19. The summed E-state index contributed by atoms with van der Waals surface area (Å²) >= 11 is 0. The average molecular weight is 312 g/mol. The third-order valence-electron chi connectivity index (χ3n) is 4.19. The quantitative estimate of drug-likeness (QED) is 0.771. The molecule has 0 spiro atoms. The molecule has 0 saturated heterocycles. The van der Waals surface area contributed by atoms with Crippen molar-refractivity contribution in [1.29, 1.82) is 0 Å². The number of fused-ring (bicyclic) bond motifs is 2. The van der Waals surface area contributed by atoms with E-state index < -0.39 is 17.9 Å². The number of aromatic nitrogens is 2. The van der Waals surface area contributed by atoms with E-state index in [1.807, 2.05) is 0 Å². The molecule has 8 nitrogen and oxygen atoms in total. The van der Waals surface area contributed by atoms with Gasteiger partial charge in [0.25, 0.3) is 11.8 Å². The Hall–Kier alpha value is -3.16. The molecular weight excluding hydrogens is 300 g/mol. The zero-order valence-electron chi connectivity index (χ0n) is 11.9. The number of carboxylic acid groups (broad SMARTS) is 1. The predicted molar refractivity (Wildman–Crippen MR) is 78.3 cm³/mol. The smallest absolute Gasteiger partial charge is 0.407 e. The minimum Gasteiger partial charge on any atom is -0.465 e. The molecule has 0 unspecified atom stereocenters. The van der Waals surface area contributed by atoms with Gasteiger partial charge < -0.3 is 10.0 Å². The summed E-state index contributed by atoms with van der Waals surface area (Å²) in [5, 5.41) is 16.1. The highest BCUT2D eigenvalue weighted by Gasteiger charge is 2.40. The summed E-state index contributed by atoms with van der Waals surface area (Å²) in [5.74, 6) is -0.683. The number of nitrogens with zero attached hydrogens (tertiary/aromatic N) is 3. The Kier molecular flexibility index (Phi) is 2.74. The molecule has 0 radical (unpaired) electrons. The van der Waals surface area contributed by atoms with Gasteiger partial charge in [-0.3, -0.25) is 14.7 Å². The van der Waals surface area contributed by atoms with E-state index in [0.29, 0.717) is 29.7 Å². The van der Waals surface area contributed by atoms with Crippen LogP contribution in [0.5, 0.6) is 0 Å². The van der Waals surface area contributed by atoms with Gasteiger partial charge >= 0.3 is 6.09 Å². The number of carbonyl (C=O) groups is 3. The first-order chi connectivity index (χ1) is 11.1. The van der Waals surface area contributed by atoms with E-state index in [1.54, 1.807) is 24.3 Å². The summed E-state index contributed by atoms with van der Waals surface area (Å²) < 4.78 is 0. The minimum absolute atomic E-state index is 0.101. The van der Waals surface area contributed by atoms with Gasteiger partial charge in [0.2, 0.25) is 0 Å². The van der Waals surface area contributed by atoms with E-state index in [1.165, 1.54) is 4.90 Å². The van der Waals surface area contributed by atoms with E-state index in [2.05, 4.69) is 10.2 Å². The van der Waals surface area contributed by atoms with Crippen LogP contribution in [0.1, 0.15) is 32.0 Å². The van der Waals surface area contributed by atoms with Gasteiger partial charge in [0.1, 0.15) is 0 Å². The number of hydrogen-bond donors (Lipinski definition) is 2. The fourth-order valence-corrected chi connectivity index (χ4v) is 3.01. The van der Waals surface area contributed by atoms with Crippen molar-refractivity contribution in [1.82, 2.24) is 15.1 Å². The molecule has 8 heteroatoms. The number of rotatable bonds is 1. The number of hydrogen-bond acceptors (Lipinski definition) is 4. The highest BCUT2D eigenvalue weighted by Crippen LogP contribution is 2.32. The SMILES string of the molecule is O=C(O)N1CCc2[nH]nc(N3C(=O)c4ccccc4C3=O)c2C1. The summed E-state index contributed by atoms with van der Waals surface area (Å²) in [6.07, 6.45) is -0.567. The summed E-state index contributed by atoms with van der Waals surface area (Å²) in [5.41, 5.74) is 2.00. The molecule has 2 aliphatic heterocycles. The van der Waals surface area contributed by atoms with Gasteiger partial charge in [0.15, 0.2) is 5.82 Å². The Morgan fingerprint density at radius 3 is 2.43 bits per heavy atom. The van der Waals surface area contributed by atoms with Gasteiger partial charge in [0, 0.05) is 24.2 Å². The molecule has 1 aromatic heterocycles. The van der Waals surface area contributed by atoms with E-state index in [-0.39, 0.29) is 12.4 Å². The van der Waals surface area contributed by atoms with E-state index >= 15 is 0 Å². The molecule has 23 heavy (non-hydrogen) atoms. The first-order valence-corrected chi connectivity index (χ1v) is 7.09. The number of nitrogens with one attached hydrogen (secondary N) is 1. The van der Waals surface area contributed by atoms with Crippen molar-refractivity contribution in [2.75, 3.05) is 11.4 Å². The number of H-pyrrole nitrogens is 1. The molecule has 0 saturated carbocycles. The number of anilines is 1. The lowest BCUT2D eigenvalue weighted by Crippen LogP contribution is -2.36. The first kappa shape index (κ1) is 13.5. The van der Waals surface area contributed by atoms with Crippen LogP contribution in [0.25, 0.3) is 0 Å². The summed E-state index contributed by atoms with van der Waals surface area (Å²) in [4.78, 5) is 38.5. The highest BCUT2D eigenvalue weighted by molar-refractivity contribution is 6.34. The maximum Gasteiger partial charge on any atom is 0.407 e. The van der Waals surface area contributed by atoms with Crippen LogP contribution in [-0.4, -0.2) is 44.7 Å². The van der Waals surface area contributed by atoms with Crippen LogP contribution in [0.15, 0.2) is 24.3 Å². The number of amides is 3. The standard InChI is InChI=1S/C15H12N4O4/c20-13-8-3-1-2-4-9(8)14(21)19(13)12-10-7-18(15(22)23)6-5-11(10)16-17-12/h1-4H,5-7H2,(H,16,17)(H,22,23). The van der Waals surface area contributed by atoms with Crippen molar-refractivity contribution < 1.29 is 19.5 Å². The van der Waals surface area contributed by atoms with Crippen molar-refractivity contribution in [3.63, 3.8) is 0 Å². The number of aromatic amines is 1. The van der Waals surface area contributed by atoms with Crippen molar-refractivity contribution in [2.24, 2.45) is 0 Å². The molecule has 116 valence electrons. The fraction of sp³-hybridized carbons (Fsp3) is 0.200. The molecule has 2 aromatic rings. The van der Waals surface area contributed by atoms with Gasteiger partial charge in [-0.25, -0.2) is 9.69 Å². The Morgan fingerprint density at radius 2 is 1.83 bits per heavy atom. The van der Waals surface area contributed by atoms with Crippen LogP contribution in [-0.2, 0) is 13.0 Å². The molecule has 1 aromatic carbocycles. The molecule has 3 amide bonds. The molecule has 4 rings (SSSR count). The fourth-order valence-electron chi connectivity index (χ4n) is 3.01. The summed E-state index contributed by atoms with van der Waals surface area (Å²) in [6.45, 7) is 0.454. The second kappa shape index (κ2) is 4.67. The second-order valence-electron chi connectivity index (χ2n) is 5.45. The van der Waals surface area contributed by atoms with Gasteiger partial charge in [-0.05, 0) is 12.1 Å². The highest BCUT2D eigenvalue weighted by atomic mass is 16.4.